The van der Waals surface area contributed by atoms with Crippen molar-refractivity contribution in [3.05, 3.63) is 53.4 Å². The van der Waals surface area contributed by atoms with Crippen LogP contribution in [-0.4, -0.2) is 28.0 Å². The zero-order chi connectivity index (χ0) is 22.6. The van der Waals surface area contributed by atoms with E-state index in [0.717, 1.165) is 41.6 Å². The van der Waals surface area contributed by atoms with Crippen molar-refractivity contribution in [1.29, 1.82) is 0 Å². The summed E-state index contributed by atoms with van der Waals surface area (Å²) in [5.41, 5.74) is 3.88. The van der Waals surface area contributed by atoms with Gasteiger partial charge in [0, 0.05) is 23.9 Å². The Hall–Kier alpha value is -3.02. The predicted molar refractivity (Wildman–Crippen MR) is 125 cm³/mol. The Morgan fingerprint density at radius 3 is 2.75 bits per heavy atom. The van der Waals surface area contributed by atoms with Crippen molar-refractivity contribution in [2.24, 2.45) is 5.92 Å². The minimum absolute atomic E-state index is 0.0958. The van der Waals surface area contributed by atoms with Crippen LogP contribution in [0.4, 0.5) is 5.69 Å². The lowest BCUT2D eigenvalue weighted by Gasteiger charge is -2.45. The van der Waals surface area contributed by atoms with Gasteiger partial charge in [-0.25, -0.2) is 0 Å². The van der Waals surface area contributed by atoms with Gasteiger partial charge in [-0.1, -0.05) is 31.9 Å². The summed E-state index contributed by atoms with van der Waals surface area (Å²) < 4.78 is 7.51. The summed E-state index contributed by atoms with van der Waals surface area (Å²) in [6.07, 6.45) is 6.08. The Kier molecular flexibility index (Phi) is 4.91. The molecule has 3 atom stereocenters. The third-order valence-electron chi connectivity index (χ3n) is 7.64. The van der Waals surface area contributed by atoms with Crippen LogP contribution in [0.25, 0.3) is 11.1 Å². The van der Waals surface area contributed by atoms with E-state index in [-0.39, 0.29) is 17.9 Å². The number of aromatic nitrogens is 1. The first kappa shape index (κ1) is 20.9. The summed E-state index contributed by atoms with van der Waals surface area (Å²) in [6.45, 7) is 8.52. The maximum Gasteiger partial charge on any atom is 0.276 e. The van der Waals surface area contributed by atoms with Crippen molar-refractivity contribution in [1.82, 2.24) is 9.88 Å². The summed E-state index contributed by atoms with van der Waals surface area (Å²) in [5.74, 6) is 0.166. The highest BCUT2D eigenvalue weighted by molar-refractivity contribution is 6.14. The first-order valence-corrected chi connectivity index (χ1v) is 11.6. The number of rotatable bonds is 3. The Bertz CT molecular complexity index is 1210. The molecule has 6 heteroatoms. The average molecular weight is 434 g/mol. The van der Waals surface area contributed by atoms with Crippen molar-refractivity contribution >= 4 is 28.6 Å². The predicted octanol–water partition coefficient (Wildman–Crippen LogP) is 4.97. The number of hydrogen-bond donors (Lipinski definition) is 1. The summed E-state index contributed by atoms with van der Waals surface area (Å²) in [7, 11) is 0. The Balaban J connectivity index is 1.63. The lowest BCUT2D eigenvalue weighted by atomic mass is 9.84. The third kappa shape index (κ3) is 3.07. The van der Waals surface area contributed by atoms with E-state index in [1.165, 1.54) is 6.42 Å². The summed E-state index contributed by atoms with van der Waals surface area (Å²) in [6, 6.07) is 9.72. The van der Waals surface area contributed by atoms with E-state index in [4.69, 9.17) is 4.42 Å². The molecule has 1 aliphatic carbocycles. The van der Waals surface area contributed by atoms with Gasteiger partial charge in [0.1, 0.15) is 11.2 Å². The molecule has 0 unspecified atom stereocenters. The molecule has 2 amide bonds. The molecule has 2 aliphatic rings. The van der Waals surface area contributed by atoms with Gasteiger partial charge in [-0.2, -0.15) is 0 Å². The van der Waals surface area contributed by atoms with Crippen LogP contribution in [0.5, 0.6) is 0 Å². The van der Waals surface area contributed by atoms with Gasteiger partial charge in [0.15, 0.2) is 5.58 Å². The fourth-order valence-corrected chi connectivity index (χ4v) is 5.42. The minimum atomic E-state index is -1.07. The first-order valence-electron chi connectivity index (χ1n) is 11.6. The fourth-order valence-electron chi connectivity index (χ4n) is 5.42. The van der Waals surface area contributed by atoms with E-state index in [2.05, 4.69) is 12.2 Å². The number of anilines is 1. The van der Waals surface area contributed by atoms with Gasteiger partial charge in [0.05, 0.1) is 18.3 Å². The quantitative estimate of drug-likeness (QED) is 0.634. The zero-order valence-corrected chi connectivity index (χ0v) is 19.3. The molecule has 1 aliphatic heterocycles. The molecule has 3 aromatic rings. The largest absolute Gasteiger partial charge is 0.463 e. The number of hydrogen-bond acceptors (Lipinski definition) is 3. The van der Waals surface area contributed by atoms with Crippen LogP contribution in [0.2, 0.25) is 0 Å². The Labute approximate surface area is 188 Å². The number of nitrogens with one attached hydrogen (secondary N) is 1. The molecule has 0 saturated heterocycles. The lowest BCUT2D eigenvalue weighted by Crippen LogP contribution is -2.66. The molecule has 6 nitrogen and oxygen atoms in total. The summed E-state index contributed by atoms with van der Waals surface area (Å²) in [5, 5.41) is 3.33. The number of benzene rings is 1. The molecule has 168 valence electrons. The number of nitrogens with zero attached hydrogens (tertiary/aromatic N) is 2. The monoisotopic (exact) mass is 433 g/mol. The second-order valence-corrected chi connectivity index (χ2v) is 9.76. The highest BCUT2D eigenvalue weighted by Gasteiger charge is 2.50. The van der Waals surface area contributed by atoms with Gasteiger partial charge in [-0.05, 0) is 56.7 Å². The van der Waals surface area contributed by atoms with Crippen molar-refractivity contribution < 1.29 is 14.0 Å². The summed E-state index contributed by atoms with van der Waals surface area (Å²) in [4.78, 5) is 29.5. The van der Waals surface area contributed by atoms with Crippen LogP contribution in [0.15, 0.2) is 41.0 Å². The van der Waals surface area contributed by atoms with Gasteiger partial charge in [-0.3, -0.25) is 14.5 Å². The van der Waals surface area contributed by atoms with Gasteiger partial charge >= 0.3 is 0 Å². The smallest absolute Gasteiger partial charge is 0.276 e. The van der Waals surface area contributed by atoms with Gasteiger partial charge in [0.25, 0.3) is 5.91 Å². The normalized spacial score (nSPS) is 25.8. The Morgan fingerprint density at radius 1 is 1.19 bits per heavy atom. The van der Waals surface area contributed by atoms with Crippen molar-refractivity contribution in [2.75, 3.05) is 4.90 Å². The molecule has 2 aromatic heterocycles. The minimum Gasteiger partial charge on any atom is -0.463 e. The van der Waals surface area contributed by atoms with Crippen LogP contribution in [0, 0.1) is 19.8 Å². The molecule has 0 bridgehead atoms. The summed E-state index contributed by atoms with van der Waals surface area (Å²) >= 11 is 0. The first-order chi connectivity index (χ1) is 15.3. The van der Waals surface area contributed by atoms with Gasteiger partial charge < -0.3 is 14.3 Å². The van der Waals surface area contributed by atoms with Crippen molar-refractivity contribution in [3.8, 4) is 0 Å². The van der Waals surface area contributed by atoms with Crippen LogP contribution >= 0.6 is 0 Å². The van der Waals surface area contributed by atoms with Crippen LogP contribution in [-0.2, 0) is 11.3 Å². The van der Waals surface area contributed by atoms with Gasteiger partial charge in [0.2, 0.25) is 5.91 Å². The van der Waals surface area contributed by atoms with E-state index in [9.17, 15) is 9.59 Å². The topological polar surface area (TPSA) is 67.5 Å². The number of carbonyl (C=O) groups is 2. The highest BCUT2D eigenvalue weighted by atomic mass is 16.3. The molecule has 0 radical (unpaired) electrons. The molecule has 5 rings (SSSR count). The van der Waals surface area contributed by atoms with Crippen LogP contribution < -0.4 is 10.2 Å². The molecule has 1 aromatic carbocycles. The van der Waals surface area contributed by atoms with Crippen LogP contribution in [0.3, 0.4) is 0 Å². The van der Waals surface area contributed by atoms with E-state index in [0.29, 0.717) is 23.7 Å². The van der Waals surface area contributed by atoms with Gasteiger partial charge in [-0.15, -0.1) is 0 Å². The molecular weight excluding hydrogens is 402 g/mol. The number of furan rings is 1. The molecule has 32 heavy (non-hydrogen) atoms. The molecule has 1 saturated carbocycles. The maximum absolute atomic E-state index is 13.9. The molecule has 1 N–H and O–H groups in total. The third-order valence-corrected chi connectivity index (χ3v) is 7.64. The average Bonchev–Trinajstić information content (AvgIpc) is 3.35. The molecule has 3 heterocycles. The maximum atomic E-state index is 13.9. The zero-order valence-electron chi connectivity index (χ0n) is 19.3. The molecule has 0 spiro atoms. The second-order valence-electron chi connectivity index (χ2n) is 9.76. The Morgan fingerprint density at radius 2 is 1.97 bits per heavy atom. The lowest BCUT2D eigenvalue weighted by molar-refractivity contribution is -0.127. The standard InChI is InChI=1S/C26H31N3O3/c1-16-9-7-11-20(18(16)3)29-24(30)22-14-23-21(12-13-32-23)28(22)15-26(29,4)25(31)27-19-10-6-5-8-17(19)2/h7,9,11-14,17,19H,5-6,8,10,15H2,1-4H3,(H,27,31)/t17-,19-,26+/m0/s1. The van der Waals surface area contributed by atoms with E-state index < -0.39 is 5.54 Å². The van der Waals surface area contributed by atoms with Crippen LogP contribution in [0.1, 0.15) is 61.1 Å². The molecule has 1 fully saturated rings. The number of fused-ring (bicyclic) bond motifs is 3. The van der Waals surface area contributed by atoms with E-state index >= 15 is 0 Å². The van der Waals surface area contributed by atoms with E-state index in [1.807, 2.05) is 49.6 Å². The number of aryl methyl sites for hydroxylation is 1. The molecular formula is C26H31N3O3. The second kappa shape index (κ2) is 7.54. The van der Waals surface area contributed by atoms with Crippen molar-refractivity contribution in [2.45, 2.75) is 71.5 Å². The highest BCUT2D eigenvalue weighted by Crippen LogP contribution is 2.38. The fraction of sp³-hybridized carbons (Fsp3) is 0.462. The number of amides is 2. The van der Waals surface area contributed by atoms with E-state index in [1.54, 1.807) is 17.2 Å². The van der Waals surface area contributed by atoms with Crippen molar-refractivity contribution in [3.63, 3.8) is 0 Å². The SMILES string of the molecule is Cc1cccc(N2C(=O)c3cc4occc4n3C[C@]2(C)C(=O)N[C@H]2CCCC[C@@H]2C)c1C. The number of carbonyl (C=O) groups excluding carboxylic acids is 2.